The summed E-state index contributed by atoms with van der Waals surface area (Å²) in [5, 5.41) is 12.4. The van der Waals surface area contributed by atoms with Gasteiger partial charge in [-0.1, -0.05) is 29.8 Å². The molecule has 2 aromatic carbocycles. The summed E-state index contributed by atoms with van der Waals surface area (Å²) in [6, 6.07) is 18.0. The number of allylic oxidation sites excluding steroid dienone is 1. The lowest BCUT2D eigenvalue weighted by Gasteiger charge is -2.05. The molecule has 106 valence electrons. The minimum atomic E-state index is 0.597. The maximum atomic E-state index is 9.23. The molecular weight excluding hydrogens is 260 g/mol. The third-order valence-corrected chi connectivity index (χ3v) is 3.16. The van der Waals surface area contributed by atoms with E-state index in [4.69, 9.17) is 4.74 Å². The summed E-state index contributed by atoms with van der Waals surface area (Å²) in [4.78, 5) is 0. The number of anilines is 1. The lowest BCUT2D eigenvalue weighted by atomic mass is 10.1. The van der Waals surface area contributed by atoms with Gasteiger partial charge >= 0.3 is 0 Å². The molecule has 3 nitrogen and oxygen atoms in total. The van der Waals surface area contributed by atoms with Crippen molar-refractivity contribution in [2.24, 2.45) is 0 Å². The average molecular weight is 278 g/mol. The molecule has 0 aliphatic rings. The van der Waals surface area contributed by atoms with E-state index in [1.54, 1.807) is 13.3 Å². The lowest BCUT2D eigenvalue weighted by Crippen LogP contribution is -1.94. The van der Waals surface area contributed by atoms with E-state index in [1.807, 2.05) is 55.5 Å². The van der Waals surface area contributed by atoms with Crippen LogP contribution in [0, 0.1) is 18.3 Å². The molecule has 0 bridgehead atoms. The number of ether oxygens (including phenoxy) is 1. The number of hydrogen-bond acceptors (Lipinski definition) is 3. The molecule has 0 radical (unpaired) electrons. The van der Waals surface area contributed by atoms with Crippen molar-refractivity contribution in [2.45, 2.75) is 13.3 Å². The number of methoxy groups -OCH3 is 1. The van der Waals surface area contributed by atoms with Crippen molar-refractivity contribution in [3.05, 3.63) is 71.4 Å². The number of rotatable bonds is 5. The van der Waals surface area contributed by atoms with Gasteiger partial charge < -0.3 is 10.1 Å². The zero-order valence-corrected chi connectivity index (χ0v) is 12.3. The molecule has 0 spiro atoms. The molecule has 0 aromatic heterocycles. The smallest absolute Gasteiger partial charge is 0.118 e. The minimum Gasteiger partial charge on any atom is -0.497 e. The molecular formula is C18H18N2O. The van der Waals surface area contributed by atoms with Gasteiger partial charge in [-0.15, -0.1) is 0 Å². The summed E-state index contributed by atoms with van der Waals surface area (Å²) in [6.07, 6.45) is 2.36. The second kappa shape index (κ2) is 7.16. The normalized spacial score (nSPS) is 10.8. The predicted octanol–water partition coefficient (Wildman–Crippen LogP) is 4.07. The third kappa shape index (κ3) is 4.39. The fraction of sp³-hybridized carbons (Fsp3) is 0.167. The van der Waals surface area contributed by atoms with Crippen molar-refractivity contribution < 1.29 is 4.74 Å². The molecule has 0 heterocycles. The van der Waals surface area contributed by atoms with Gasteiger partial charge in [-0.3, -0.25) is 0 Å². The Morgan fingerprint density at radius 2 is 1.81 bits per heavy atom. The third-order valence-electron chi connectivity index (χ3n) is 3.16. The Kier molecular flexibility index (Phi) is 5.00. The van der Waals surface area contributed by atoms with E-state index in [0.717, 1.165) is 17.0 Å². The second-order valence-electron chi connectivity index (χ2n) is 4.82. The largest absolute Gasteiger partial charge is 0.497 e. The molecule has 0 unspecified atom stereocenters. The fourth-order valence-electron chi connectivity index (χ4n) is 1.91. The first kappa shape index (κ1) is 14.7. The molecule has 0 saturated carbocycles. The van der Waals surface area contributed by atoms with Crippen LogP contribution in [0.15, 0.2) is 60.3 Å². The number of nitrogens with one attached hydrogen (secondary N) is 1. The van der Waals surface area contributed by atoms with Gasteiger partial charge in [0.2, 0.25) is 0 Å². The van der Waals surface area contributed by atoms with Crippen LogP contribution in [0.1, 0.15) is 11.1 Å². The van der Waals surface area contributed by atoms with Gasteiger partial charge in [0.1, 0.15) is 5.75 Å². The van der Waals surface area contributed by atoms with Crippen LogP contribution < -0.4 is 10.1 Å². The highest BCUT2D eigenvalue weighted by Crippen LogP contribution is 2.15. The molecule has 0 aliphatic heterocycles. The Morgan fingerprint density at radius 3 is 2.38 bits per heavy atom. The van der Waals surface area contributed by atoms with Crippen LogP contribution in [0.4, 0.5) is 5.69 Å². The number of benzene rings is 2. The standard InChI is InChI=1S/C18H18N2O/c1-14-3-7-17(8-4-14)20-13-16(12-19)11-15-5-9-18(21-2)10-6-15/h3-10,13,20H,11H2,1-2H3. The van der Waals surface area contributed by atoms with Crippen molar-refractivity contribution in [2.75, 3.05) is 12.4 Å². The Morgan fingerprint density at radius 1 is 1.14 bits per heavy atom. The molecule has 2 rings (SSSR count). The number of nitriles is 1. The van der Waals surface area contributed by atoms with Crippen LogP contribution in [-0.4, -0.2) is 7.11 Å². The van der Waals surface area contributed by atoms with E-state index >= 15 is 0 Å². The fourth-order valence-corrected chi connectivity index (χ4v) is 1.91. The average Bonchev–Trinajstić information content (AvgIpc) is 2.53. The minimum absolute atomic E-state index is 0.597. The summed E-state index contributed by atoms with van der Waals surface area (Å²) >= 11 is 0. The Hall–Kier alpha value is -2.73. The molecule has 0 saturated heterocycles. The van der Waals surface area contributed by atoms with Crippen LogP contribution in [0.5, 0.6) is 5.75 Å². The highest BCUT2D eigenvalue weighted by atomic mass is 16.5. The first-order chi connectivity index (χ1) is 10.2. The highest BCUT2D eigenvalue weighted by molar-refractivity contribution is 5.48. The molecule has 0 amide bonds. The number of aryl methyl sites for hydroxylation is 1. The zero-order chi connectivity index (χ0) is 15.1. The maximum Gasteiger partial charge on any atom is 0.118 e. The summed E-state index contributed by atoms with van der Waals surface area (Å²) in [5.41, 5.74) is 3.95. The molecule has 0 aliphatic carbocycles. The summed E-state index contributed by atoms with van der Waals surface area (Å²) in [5.74, 6) is 0.819. The maximum absolute atomic E-state index is 9.23. The number of nitrogens with zero attached hydrogens (tertiary/aromatic N) is 1. The quantitative estimate of drug-likeness (QED) is 0.839. The zero-order valence-electron chi connectivity index (χ0n) is 12.3. The Balaban J connectivity index is 2.03. The van der Waals surface area contributed by atoms with Crippen molar-refractivity contribution in [3.8, 4) is 11.8 Å². The van der Waals surface area contributed by atoms with E-state index < -0.39 is 0 Å². The first-order valence-electron chi connectivity index (χ1n) is 6.76. The van der Waals surface area contributed by atoms with Crippen molar-refractivity contribution >= 4 is 5.69 Å². The van der Waals surface area contributed by atoms with Crippen molar-refractivity contribution in [3.63, 3.8) is 0 Å². The highest BCUT2D eigenvalue weighted by Gasteiger charge is 2.00. The van der Waals surface area contributed by atoms with Crippen molar-refractivity contribution in [1.82, 2.24) is 0 Å². The summed E-state index contributed by atoms with van der Waals surface area (Å²) in [7, 11) is 1.64. The first-order valence-corrected chi connectivity index (χ1v) is 6.76. The monoisotopic (exact) mass is 278 g/mol. The van der Waals surface area contributed by atoms with Crippen LogP contribution in [0.25, 0.3) is 0 Å². The van der Waals surface area contributed by atoms with Gasteiger partial charge in [-0.2, -0.15) is 5.26 Å². The van der Waals surface area contributed by atoms with Gasteiger partial charge in [0.25, 0.3) is 0 Å². The molecule has 3 heteroatoms. The van der Waals surface area contributed by atoms with Crippen LogP contribution in [0.3, 0.4) is 0 Å². The van der Waals surface area contributed by atoms with Crippen molar-refractivity contribution in [1.29, 1.82) is 5.26 Å². The van der Waals surface area contributed by atoms with E-state index in [-0.39, 0.29) is 0 Å². The molecule has 1 N–H and O–H groups in total. The van der Waals surface area contributed by atoms with E-state index in [2.05, 4.69) is 11.4 Å². The van der Waals surface area contributed by atoms with Gasteiger partial charge in [0.15, 0.2) is 0 Å². The van der Waals surface area contributed by atoms with Gasteiger partial charge in [-0.05, 0) is 36.8 Å². The second-order valence-corrected chi connectivity index (χ2v) is 4.82. The topological polar surface area (TPSA) is 45.0 Å². The van der Waals surface area contributed by atoms with Crippen LogP contribution in [-0.2, 0) is 6.42 Å². The summed E-state index contributed by atoms with van der Waals surface area (Å²) in [6.45, 7) is 2.05. The number of hydrogen-bond donors (Lipinski definition) is 1. The molecule has 0 atom stereocenters. The summed E-state index contributed by atoms with van der Waals surface area (Å²) < 4.78 is 5.12. The van der Waals surface area contributed by atoms with Gasteiger partial charge in [-0.25, -0.2) is 0 Å². The molecule has 21 heavy (non-hydrogen) atoms. The van der Waals surface area contributed by atoms with Gasteiger partial charge in [0.05, 0.1) is 13.2 Å². The molecule has 2 aromatic rings. The van der Waals surface area contributed by atoms with Gasteiger partial charge in [0, 0.05) is 23.9 Å². The Labute approximate surface area is 125 Å². The molecule has 0 fully saturated rings. The predicted molar refractivity (Wildman–Crippen MR) is 85.2 cm³/mol. The van der Waals surface area contributed by atoms with E-state index in [9.17, 15) is 5.26 Å². The lowest BCUT2D eigenvalue weighted by molar-refractivity contribution is 0.414. The Bertz CT molecular complexity index is 649. The van der Waals surface area contributed by atoms with Crippen LogP contribution in [0.2, 0.25) is 0 Å². The van der Waals surface area contributed by atoms with E-state index in [0.29, 0.717) is 12.0 Å². The van der Waals surface area contributed by atoms with Crippen LogP contribution >= 0.6 is 0 Å². The SMILES string of the molecule is COc1ccc(CC(C#N)=CNc2ccc(C)cc2)cc1. The van der Waals surface area contributed by atoms with E-state index in [1.165, 1.54) is 5.56 Å².